The molecule has 1 aliphatic rings. The van der Waals surface area contributed by atoms with E-state index in [1.165, 1.54) is 0 Å². The fourth-order valence-corrected chi connectivity index (χ4v) is 3.21. The molecule has 6 heteroatoms. The number of hydrogen-bond donors (Lipinski definition) is 0. The van der Waals surface area contributed by atoms with E-state index in [4.69, 9.17) is 15.4 Å². The lowest BCUT2D eigenvalue weighted by atomic mass is 10.1. The summed E-state index contributed by atoms with van der Waals surface area (Å²) in [4.78, 5) is 2.19. The van der Waals surface area contributed by atoms with Crippen molar-refractivity contribution in [2.75, 3.05) is 25.1 Å². The molecule has 1 aromatic carbocycles. The molecule has 1 aromatic rings. The summed E-state index contributed by atoms with van der Waals surface area (Å²) in [5.41, 5.74) is 1.64. The molecule has 0 spiro atoms. The van der Waals surface area contributed by atoms with Gasteiger partial charge in [0, 0.05) is 29.5 Å². The van der Waals surface area contributed by atoms with Crippen molar-refractivity contribution < 1.29 is 13.2 Å². The first-order valence-electron chi connectivity index (χ1n) is 5.84. The highest BCUT2D eigenvalue weighted by molar-refractivity contribution is 8.13. The van der Waals surface area contributed by atoms with Gasteiger partial charge in [0.15, 0.2) is 0 Å². The molecule has 1 heterocycles. The molecule has 2 rings (SSSR count). The Kier molecular flexibility index (Phi) is 4.02. The summed E-state index contributed by atoms with van der Waals surface area (Å²) in [6, 6.07) is 5.49. The molecule has 0 aromatic heterocycles. The topological polar surface area (TPSA) is 46.6 Å². The van der Waals surface area contributed by atoms with Crippen LogP contribution in [0.25, 0.3) is 0 Å². The smallest absolute Gasteiger partial charge is 0.236 e. The Hall–Kier alpha value is -0.940. The Morgan fingerprint density at radius 3 is 2.56 bits per heavy atom. The maximum atomic E-state index is 11.3. The highest BCUT2D eigenvalue weighted by Gasteiger charge is 2.19. The minimum Gasteiger partial charge on any atom is -0.497 e. The largest absolute Gasteiger partial charge is 0.497 e. The number of anilines is 1. The lowest BCUT2D eigenvalue weighted by Crippen LogP contribution is -2.19. The zero-order valence-electron chi connectivity index (χ0n) is 10.2. The molecule has 1 saturated heterocycles. The van der Waals surface area contributed by atoms with Crippen LogP contribution in [0.1, 0.15) is 18.4 Å². The van der Waals surface area contributed by atoms with Crippen LogP contribution in [0, 0.1) is 0 Å². The van der Waals surface area contributed by atoms with Crippen LogP contribution in [0.3, 0.4) is 0 Å². The van der Waals surface area contributed by atoms with Crippen molar-refractivity contribution in [3.05, 3.63) is 23.8 Å². The van der Waals surface area contributed by atoms with Gasteiger partial charge >= 0.3 is 0 Å². The van der Waals surface area contributed by atoms with E-state index in [0.717, 1.165) is 31.6 Å². The van der Waals surface area contributed by atoms with E-state index in [1.807, 2.05) is 12.1 Å². The zero-order valence-corrected chi connectivity index (χ0v) is 11.8. The molecule has 4 nitrogen and oxygen atoms in total. The molecule has 1 aliphatic heterocycles. The van der Waals surface area contributed by atoms with Crippen molar-refractivity contribution in [2.45, 2.75) is 18.6 Å². The van der Waals surface area contributed by atoms with Gasteiger partial charge in [0.05, 0.1) is 12.9 Å². The molecule has 0 bridgehead atoms. The summed E-state index contributed by atoms with van der Waals surface area (Å²) in [6.07, 6.45) is 2.28. The monoisotopic (exact) mass is 289 g/mol. The minimum absolute atomic E-state index is 0.169. The van der Waals surface area contributed by atoms with Crippen LogP contribution >= 0.6 is 10.7 Å². The summed E-state index contributed by atoms with van der Waals surface area (Å²) in [5.74, 6) is 0.477. The van der Waals surface area contributed by atoms with Crippen LogP contribution < -0.4 is 9.64 Å². The molecular weight excluding hydrogens is 274 g/mol. The number of methoxy groups -OCH3 is 1. The van der Waals surface area contributed by atoms with Gasteiger partial charge in [0.2, 0.25) is 9.05 Å². The molecule has 0 atom stereocenters. The number of halogens is 1. The Morgan fingerprint density at radius 2 is 2.00 bits per heavy atom. The van der Waals surface area contributed by atoms with Crippen molar-refractivity contribution in [1.29, 1.82) is 0 Å². The summed E-state index contributed by atoms with van der Waals surface area (Å²) >= 11 is 0. The van der Waals surface area contributed by atoms with Crippen molar-refractivity contribution in [3.8, 4) is 5.75 Å². The summed E-state index contributed by atoms with van der Waals surface area (Å²) < 4.78 is 27.7. The van der Waals surface area contributed by atoms with Gasteiger partial charge in [-0.1, -0.05) is 0 Å². The molecule has 1 fully saturated rings. The molecule has 0 saturated carbocycles. The lowest BCUT2D eigenvalue weighted by Gasteiger charge is -2.21. The molecule has 0 unspecified atom stereocenters. The maximum Gasteiger partial charge on any atom is 0.236 e. The Labute approximate surface area is 112 Å². The predicted molar refractivity (Wildman–Crippen MR) is 72.9 cm³/mol. The van der Waals surface area contributed by atoms with Crippen LogP contribution in [0.2, 0.25) is 0 Å². The second-order valence-electron chi connectivity index (χ2n) is 4.37. The summed E-state index contributed by atoms with van der Waals surface area (Å²) in [7, 11) is 3.35. The first-order chi connectivity index (χ1) is 8.49. The van der Waals surface area contributed by atoms with Crippen LogP contribution in [0.5, 0.6) is 5.75 Å². The van der Waals surface area contributed by atoms with Crippen LogP contribution in [0.4, 0.5) is 5.69 Å². The average Bonchev–Trinajstić information content (AvgIpc) is 2.80. The quantitative estimate of drug-likeness (QED) is 0.799. The van der Waals surface area contributed by atoms with Gasteiger partial charge < -0.3 is 9.64 Å². The molecule has 100 valence electrons. The molecule has 0 aliphatic carbocycles. The van der Waals surface area contributed by atoms with Crippen molar-refractivity contribution >= 4 is 25.4 Å². The zero-order chi connectivity index (χ0) is 13.2. The first kappa shape index (κ1) is 13.5. The molecule has 0 N–H and O–H groups in total. The molecular formula is C12H16ClNO3S. The van der Waals surface area contributed by atoms with E-state index in [0.29, 0.717) is 11.3 Å². The fourth-order valence-electron chi connectivity index (χ4n) is 2.26. The normalized spacial score (nSPS) is 16.0. The molecule has 0 radical (unpaired) electrons. The molecule has 0 amide bonds. The van der Waals surface area contributed by atoms with E-state index in [9.17, 15) is 8.42 Å². The van der Waals surface area contributed by atoms with Gasteiger partial charge in [-0.25, -0.2) is 8.42 Å². The number of benzene rings is 1. The maximum absolute atomic E-state index is 11.3. The van der Waals surface area contributed by atoms with Crippen molar-refractivity contribution in [2.24, 2.45) is 0 Å². The number of ether oxygens (including phenoxy) is 1. The Bertz CT molecular complexity index is 524. The standard InChI is InChI=1S/C12H16ClNO3S/c1-17-11-4-5-12(14-6-2-3-7-14)10(8-11)9-18(13,15)16/h4-5,8H,2-3,6-7,9H2,1H3. The van der Waals surface area contributed by atoms with E-state index in [-0.39, 0.29) is 5.75 Å². The third kappa shape index (κ3) is 3.29. The van der Waals surface area contributed by atoms with Crippen LogP contribution in [-0.2, 0) is 14.8 Å². The van der Waals surface area contributed by atoms with Crippen molar-refractivity contribution in [3.63, 3.8) is 0 Å². The van der Waals surface area contributed by atoms with E-state index in [2.05, 4.69) is 4.90 Å². The van der Waals surface area contributed by atoms with Gasteiger partial charge in [-0.05, 0) is 36.6 Å². The van der Waals surface area contributed by atoms with Gasteiger partial charge in [0.1, 0.15) is 5.75 Å². The minimum atomic E-state index is -3.56. The van der Waals surface area contributed by atoms with Gasteiger partial charge in [-0.2, -0.15) is 0 Å². The average molecular weight is 290 g/mol. The van der Waals surface area contributed by atoms with Crippen molar-refractivity contribution in [1.82, 2.24) is 0 Å². The van der Waals surface area contributed by atoms with Gasteiger partial charge in [-0.3, -0.25) is 0 Å². The second-order valence-corrected chi connectivity index (χ2v) is 7.15. The lowest BCUT2D eigenvalue weighted by molar-refractivity contribution is 0.414. The summed E-state index contributed by atoms with van der Waals surface area (Å²) in [5, 5.41) is 0. The Balaban J connectivity index is 2.37. The van der Waals surface area contributed by atoms with E-state index in [1.54, 1.807) is 13.2 Å². The Morgan fingerprint density at radius 1 is 1.33 bits per heavy atom. The van der Waals surface area contributed by atoms with Crippen LogP contribution in [0.15, 0.2) is 18.2 Å². The predicted octanol–water partition coefficient (Wildman–Crippen LogP) is 2.36. The fraction of sp³-hybridized carbons (Fsp3) is 0.500. The van der Waals surface area contributed by atoms with Gasteiger partial charge in [-0.15, -0.1) is 0 Å². The number of rotatable bonds is 4. The SMILES string of the molecule is COc1ccc(N2CCCC2)c(CS(=O)(=O)Cl)c1. The van der Waals surface area contributed by atoms with E-state index >= 15 is 0 Å². The second kappa shape index (κ2) is 5.36. The first-order valence-corrected chi connectivity index (χ1v) is 8.31. The highest BCUT2D eigenvalue weighted by Crippen LogP contribution is 2.30. The third-order valence-electron chi connectivity index (χ3n) is 3.06. The number of hydrogen-bond acceptors (Lipinski definition) is 4. The highest BCUT2D eigenvalue weighted by atomic mass is 35.7. The third-order valence-corrected chi connectivity index (χ3v) is 4.04. The number of nitrogens with zero attached hydrogens (tertiary/aromatic N) is 1. The summed E-state index contributed by atoms with van der Waals surface area (Å²) in [6.45, 7) is 1.92. The van der Waals surface area contributed by atoms with Crippen LogP contribution in [-0.4, -0.2) is 28.6 Å². The van der Waals surface area contributed by atoms with E-state index < -0.39 is 9.05 Å². The molecule has 18 heavy (non-hydrogen) atoms. The van der Waals surface area contributed by atoms with Gasteiger partial charge in [0.25, 0.3) is 0 Å².